The molecule has 0 saturated carbocycles. The molecule has 0 aliphatic carbocycles. The van der Waals surface area contributed by atoms with Crippen molar-refractivity contribution in [1.29, 1.82) is 0 Å². The van der Waals surface area contributed by atoms with E-state index in [0.717, 1.165) is 25.0 Å². The van der Waals surface area contributed by atoms with E-state index in [4.69, 9.17) is 10.5 Å². The second-order valence-electron chi connectivity index (χ2n) is 4.35. The van der Waals surface area contributed by atoms with E-state index in [1.807, 2.05) is 6.92 Å². The van der Waals surface area contributed by atoms with E-state index < -0.39 is 25.5 Å². The monoisotopic (exact) mass is 317 g/mol. The van der Waals surface area contributed by atoms with Crippen LogP contribution in [0.5, 0.6) is 0 Å². The fourth-order valence-corrected chi connectivity index (χ4v) is 2.79. The molecule has 8 nitrogen and oxygen atoms in total. The molecule has 0 bridgehead atoms. The lowest BCUT2D eigenvalue weighted by atomic mass is 10.3. The molecule has 21 heavy (non-hydrogen) atoms. The summed E-state index contributed by atoms with van der Waals surface area (Å²) in [7, 11) is -4.00. The first kappa shape index (κ1) is 17.3. The molecule has 0 amide bonds. The Morgan fingerprint density at radius 1 is 1.38 bits per heavy atom. The van der Waals surface area contributed by atoms with Crippen LogP contribution in [-0.4, -0.2) is 33.1 Å². The number of nitrogens with one attached hydrogen (secondary N) is 1. The maximum absolute atomic E-state index is 12.1. The summed E-state index contributed by atoms with van der Waals surface area (Å²) in [5, 5.41) is 10.9. The number of anilines is 1. The van der Waals surface area contributed by atoms with Crippen LogP contribution in [0.3, 0.4) is 0 Å². The maximum Gasteiger partial charge on any atom is 0.289 e. The van der Waals surface area contributed by atoms with Crippen molar-refractivity contribution in [2.75, 3.05) is 25.5 Å². The molecule has 0 fully saturated rings. The molecule has 118 valence electrons. The summed E-state index contributed by atoms with van der Waals surface area (Å²) >= 11 is 0. The normalized spacial score (nSPS) is 11.5. The van der Waals surface area contributed by atoms with E-state index >= 15 is 0 Å². The fraction of sp³-hybridized carbons (Fsp3) is 0.500. The smallest absolute Gasteiger partial charge is 0.289 e. The van der Waals surface area contributed by atoms with Crippen LogP contribution in [0.15, 0.2) is 23.1 Å². The van der Waals surface area contributed by atoms with Gasteiger partial charge in [-0.3, -0.25) is 10.1 Å². The number of rotatable bonds is 9. The summed E-state index contributed by atoms with van der Waals surface area (Å²) in [4.78, 5) is 9.67. The van der Waals surface area contributed by atoms with Crippen molar-refractivity contribution in [1.82, 2.24) is 4.72 Å². The highest BCUT2D eigenvalue weighted by molar-refractivity contribution is 7.89. The highest BCUT2D eigenvalue weighted by Crippen LogP contribution is 2.25. The third-order valence-corrected chi connectivity index (χ3v) is 4.14. The molecule has 0 unspecified atom stereocenters. The zero-order chi connectivity index (χ0) is 15.9. The van der Waals surface area contributed by atoms with Crippen LogP contribution < -0.4 is 10.5 Å². The summed E-state index contributed by atoms with van der Waals surface area (Å²) in [5.41, 5.74) is 5.12. The summed E-state index contributed by atoms with van der Waals surface area (Å²) in [5.74, 6) is 0. The lowest BCUT2D eigenvalue weighted by molar-refractivity contribution is -0.387. The Balaban J connectivity index is 2.74. The molecule has 0 aliphatic heterocycles. The molecule has 1 aromatic carbocycles. The summed E-state index contributed by atoms with van der Waals surface area (Å²) in [6.45, 7) is 2.81. The van der Waals surface area contributed by atoms with Crippen LogP contribution in [0.4, 0.5) is 11.4 Å². The number of nitrogens with two attached hydrogens (primary N) is 1. The van der Waals surface area contributed by atoms with Crippen LogP contribution in [0, 0.1) is 10.1 Å². The predicted molar refractivity (Wildman–Crippen MR) is 78.4 cm³/mol. The number of benzene rings is 1. The Bertz CT molecular complexity index is 589. The topological polar surface area (TPSA) is 125 Å². The first-order chi connectivity index (χ1) is 9.88. The molecule has 3 N–H and O–H groups in total. The number of unbranched alkanes of at least 4 members (excludes halogenated alkanes) is 1. The molecule has 1 rings (SSSR count). The van der Waals surface area contributed by atoms with Gasteiger partial charge in [0.1, 0.15) is 0 Å². The van der Waals surface area contributed by atoms with E-state index in [1.54, 1.807) is 0 Å². The number of hydrogen-bond donors (Lipinski definition) is 2. The van der Waals surface area contributed by atoms with Gasteiger partial charge in [-0.15, -0.1) is 0 Å². The summed E-state index contributed by atoms with van der Waals surface area (Å²) < 4.78 is 31.6. The Morgan fingerprint density at radius 3 is 2.71 bits per heavy atom. The van der Waals surface area contributed by atoms with Crippen molar-refractivity contribution >= 4 is 21.4 Å². The number of hydrogen-bond acceptors (Lipinski definition) is 6. The molecular weight excluding hydrogens is 298 g/mol. The SMILES string of the molecule is CCCCOCCNS(=O)(=O)c1cc(N)ccc1[N+](=O)[O-]. The number of ether oxygens (including phenoxy) is 1. The van der Waals surface area contributed by atoms with Gasteiger partial charge in [-0.2, -0.15) is 0 Å². The third-order valence-electron chi connectivity index (χ3n) is 2.65. The minimum absolute atomic E-state index is 0.0397. The first-order valence-electron chi connectivity index (χ1n) is 6.50. The Labute approximate surface area is 123 Å². The lowest BCUT2D eigenvalue weighted by Crippen LogP contribution is -2.28. The van der Waals surface area contributed by atoms with Crippen molar-refractivity contribution in [2.24, 2.45) is 0 Å². The summed E-state index contributed by atoms with van der Waals surface area (Å²) in [6, 6.07) is 3.42. The van der Waals surface area contributed by atoms with E-state index in [2.05, 4.69) is 4.72 Å². The van der Waals surface area contributed by atoms with Gasteiger partial charge < -0.3 is 10.5 Å². The van der Waals surface area contributed by atoms with Crippen molar-refractivity contribution in [3.63, 3.8) is 0 Å². The van der Waals surface area contributed by atoms with Crippen molar-refractivity contribution in [2.45, 2.75) is 24.7 Å². The number of nitrogen functional groups attached to an aromatic ring is 1. The van der Waals surface area contributed by atoms with Gasteiger partial charge in [-0.05, 0) is 18.6 Å². The van der Waals surface area contributed by atoms with Crippen LogP contribution in [0.2, 0.25) is 0 Å². The number of nitro benzene ring substituents is 1. The van der Waals surface area contributed by atoms with Crippen molar-refractivity contribution in [3.05, 3.63) is 28.3 Å². The zero-order valence-electron chi connectivity index (χ0n) is 11.7. The number of nitrogens with zero attached hydrogens (tertiary/aromatic N) is 1. The third kappa shape index (κ3) is 5.29. The zero-order valence-corrected chi connectivity index (χ0v) is 12.6. The average Bonchev–Trinajstić information content (AvgIpc) is 2.42. The first-order valence-corrected chi connectivity index (χ1v) is 7.98. The molecule has 0 atom stereocenters. The molecule has 0 aromatic heterocycles. The highest BCUT2D eigenvalue weighted by atomic mass is 32.2. The largest absolute Gasteiger partial charge is 0.399 e. The molecule has 0 radical (unpaired) electrons. The van der Waals surface area contributed by atoms with Gasteiger partial charge >= 0.3 is 0 Å². The van der Waals surface area contributed by atoms with Crippen LogP contribution in [0.25, 0.3) is 0 Å². The minimum Gasteiger partial charge on any atom is -0.399 e. The van der Waals surface area contributed by atoms with Crippen molar-refractivity contribution < 1.29 is 18.1 Å². The molecule has 0 saturated heterocycles. The van der Waals surface area contributed by atoms with E-state index in [1.165, 1.54) is 6.07 Å². The molecule has 9 heteroatoms. The molecule has 0 spiro atoms. The molecular formula is C12H19N3O5S. The van der Waals surface area contributed by atoms with E-state index in [-0.39, 0.29) is 18.8 Å². The van der Waals surface area contributed by atoms with Gasteiger partial charge in [0.25, 0.3) is 5.69 Å². The van der Waals surface area contributed by atoms with Crippen LogP contribution in [0.1, 0.15) is 19.8 Å². The second kappa shape index (κ2) is 7.91. The highest BCUT2D eigenvalue weighted by Gasteiger charge is 2.25. The minimum atomic E-state index is -4.00. The second-order valence-corrected chi connectivity index (χ2v) is 6.08. The summed E-state index contributed by atoms with van der Waals surface area (Å²) in [6.07, 6.45) is 1.88. The number of nitro groups is 1. The Kier molecular flexibility index (Phi) is 6.53. The average molecular weight is 317 g/mol. The number of sulfonamides is 1. The van der Waals surface area contributed by atoms with Gasteiger partial charge in [-0.25, -0.2) is 13.1 Å². The Hall–Kier alpha value is -1.71. The molecule has 0 heterocycles. The predicted octanol–water partition coefficient (Wildman–Crippen LogP) is 1.27. The van der Waals surface area contributed by atoms with Crippen LogP contribution in [-0.2, 0) is 14.8 Å². The maximum atomic E-state index is 12.1. The van der Waals surface area contributed by atoms with Crippen molar-refractivity contribution in [3.8, 4) is 0 Å². The lowest BCUT2D eigenvalue weighted by Gasteiger charge is -2.08. The quantitative estimate of drug-likeness (QED) is 0.306. The van der Waals surface area contributed by atoms with Gasteiger partial charge in [-0.1, -0.05) is 13.3 Å². The van der Waals surface area contributed by atoms with Crippen LogP contribution >= 0.6 is 0 Å². The fourth-order valence-electron chi connectivity index (χ4n) is 1.57. The standard InChI is InChI=1S/C12H19N3O5S/c1-2-3-7-20-8-6-14-21(18,19)12-9-10(13)4-5-11(12)15(16)17/h4-5,9,14H,2-3,6-8,13H2,1H3. The molecule has 0 aliphatic rings. The molecule has 1 aromatic rings. The van der Waals surface area contributed by atoms with Gasteiger partial charge in [0, 0.05) is 24.9 Å². The van der Waals surface area contributed by atoms with Gasteiger partial charge in [0.2, 0.25) is 10.0 Å². The van der Waals surface area contributed by atoms with E-state index in [0.29, 0.717) is 6.61 Å². The van der Waals surface area contributed by atoms with Gasteiger partial charge in [0.05, 0.1) is 11.5 Å². The van der Waals surface area contributed by atoms with E-state index in [9.17, 15) is 18.5 Å². The Morgan fingerprint density at radius 2 is 2.10 bits per heavy atom. The van der Waals surface area contributed by atoms with Gasteiger partial charge in [0.15, 0.2) is 4.90 Å².